The molecular weight excluding hydrogens is 288 g/mol. The molecule has 0 spiro atoms. The molecule has 0 unspecified atom stereocenters. The zero-order valence-corrected chi connectivity index (χ0v) is 13.9. The number of amides is 1. The van der Waals surface area contributed by atoms with Gasteiger partial charge >= 0.3 is 0 Å². The van der Waals surface area contributed by atoms with Gasteiger partial charge in [-0.15, -0.1) is 0 Å². The Balaban J connectivity index is 2.08. The molecule has 0 aromatic heterocycles. The lowest BCUT2D eigenvalue weighted by molar-refractivity contribution is 0.0955. The Bertz CT molecular complexity index is 726. The largest absolute Gasteiger partial charge is 0.508 e. The van der Waals surface area contributed by atoms with Gasteiger partial charge in [-0.3, -0.25) is 4.79 Å². The van der Waals surface area contributed by atoms with Gasteiger partial charge in [0.2, 0.25) is 0 Å². The molecule has 2 aromatic carbocycles. The molecule has 0 atom stereocenters. The molecule has 0 saturated carbocycles. The fourth-order valence-corrected chi connectivity index (χ4v) is 2.12. The molecule has 1 amide bonds. The van der Waals surface area contributed by atoms with Crippen molar-refractivity contribution in [2.24, 2.45) is 5.10 Å². The van der Waals surface area contributed by atoms with E-state index < -0.39 is 0 Å². The minimum absolute atomic E-state index is 0.0546. The number of nitrogens with zero attached hydrogens (tertiary/aromatic N) is 1. The second kappa shape index (κ2) is 6.65. The van der Waals surface area contributed by atoms with Crippen LogP contribution in [0, 0.1) is 0 Å². The first-order chi connectivity index (χ1) is 10.8. The van der Waals surface area contributed by atoms with Crippen molar-refractivity contribution in [1.29, 1.82) is 0 Å². The predicted molar refractivity (Wildman–Crippen MR) is 92.9 cm³/mol. The molecular formula is C19H22N2O2. The summed E-state index contributed by atoms with van der Waals surface area (Å²) in [6, 6.07) is 14.3. The second-order valence-electron chi connectivity index (χ2n) is 6.52. The molecule has 0 heterocycles. The smallest absolute Gasteiger partial charge is 0.271 e. The third-order valence-electron chi connectivity index (χ3n) is 3.60. The quantitative estimate of drug-likeness (QED) is 0.668. The van der Waals surface area contributed by atoms with E-state index in [2.05, 4.69) is 31.3 Å². The number of nitrogens with one attached hydrogen (secondary N) is 1. The van der Waals surface area contributed by atoms with E-state index in [4.69, 9.17) is 0 Å². The highest BCUT2D eigenvalue weighted by molar-refractivity contribution is 6.01. The van der Waals surface area contributed by atoms with Gasteiger partial charge in [-0.2, -0.15) is 5.10 Å². The van der Waals surface area contributed by atoms with Crippen molar-refractivity contribution in [1.82, 2.24) is 5.43 Å². The van der Waals surface area contributed by atoms with Crippen molar-refractivity contribution in [2.75, 3.05) is 0 Å². The highest BCUT2D eigenvalue weighted by Gasteiger charge is 2.14. The number of carbonyl (C=O) groups excluding carboxylic acids is 1. The van der Waals surface area contributed by atoms with Crippen molar-refractivity contribution < 1.29 is 9.90 Å². The Labute approximate surface area is 136 Å². The van der Waals surface area contributed by atoms with Crippen LogP contribution in [0.1, 0.15) is 49.2 Å². The van der Waals surface area contributed by atoms with Gasteiger partial charge < -0.3 is 5.11 Å². The molecule has 4 heteroatoms. The fourth-order valence-electron chi connectivity index (χ4n) is 2.12. The normalized spacial score (nSPS) is 12.1. The highest BCUT2D eigenvalue weighted by atomic mass is 16.3. The van der Waals surface area contributed by atoms with Crippen LogP contribution in [-0.4, -0.2) is 16.7 Å². The van der Waals surface area contributed by atoms with Crippen LogP contribution in [0.25, 0.3) is 0 Å². The van der Waals surface area contributed by atoms with E-state index in [0.717, 1.165) is 5.56 Å². The highest BCUT2D eigenvalue weighted by Crippen LogP contribution is 2.22. The van der Waals surface area contributed by atoms with Crippen LogP contribution in [0.3, 0.4) is 0 Å². The first kappa shape index (κ1) is 16.7. The second-order valence-corrected chi connectivity index (χ2v) is 6.52. The SMILES string of the molecule is CC(=NNC(=O)c1ccc(C(C)(C)C)cc1)c1cccc(O)c1. The maximum Gasteiger partial charge on any atom is 0.271 e. The number of aromatic hydroxyl groups is 1. The van der Waals surface area contributed by atoms with Crippen LogP contribution in [0.15, 0.2) is 53.6 Å². The van der Waals surface area contributed by atoms with E-state index >= 15 is 0 Å². The van der Waals surface area contributed by atoms with Crippen LogP contribution in [0.4, 0.5) is 0 Å². The van der Waals surface area contributed by atoms with Gasteiger partial charge in [-0.05, 0) is 42.2 Å². The third-order valence-corrected chi connectivity index (χ3v) is 3.60. The summed E-state index contributed by atoms with van der Waals surface area (Å²) in [7, 11) is 0. The zero-order chi connectivity index (χ0) is 17.0. The van der Waals surface area contributed by atoms with E-state index in [1.807, 2.05) is 18.2 Å². The molecule has 2 aromatic rings. The number of carbonyl (C=O) groups is 1. The van der Waals surface area contributed by atoms with E-state index in [-0.39, 0.29) is 17.1 Å². The molecule has 0 aliphatic rings. The molecule has 2 N–H and O–H groups in total. The lowest BCUT2D eigenvalue weighted by Gasteiger charge is -2.18. The predicted octanol–water partition coefficient (Wildman–Crippen LogP) is 3.84. The van der Waals surface area contributed by atoms with Gasteiger partial charge in [0.15, 0.2) is 0 Å². The number of hydrazone groups is 1. The average Bonchev–Trinajstić information content (AvgIpc) is 2.51. The van der Waals surface area contributed by atoms with Crippen molar-refractivity contribution in [3.05, 3.63) is 65.2 Å². The molecule has 23 heavy (non-hydrogen) atoms. The molecule has 120 valence electrons. The Hall–Kier alpha value is -2.62. The fraction of sp³-hybridized carbons (Fsp3) is 0.263. The number of benzene rings is 2. The molecule has 0 fully saturated rings. The van der Waals surface area contributed by atoms with E-state index in [1.165, 1.54) is 5.56 Å². The van der Waals surface area contributed by atoms with E-state index in [9.17, 15) is 9.90 Å². The monoisotopic (exact) mass is 310 g/mol. The van der Waals surface area contributed by atoms with Crippen molar-refractivity contribution >= 4 is 11.6 Å². The van der Waals surface area contributed by atoms with Crippen molar-refractivity contribution in [2.45, 2.75) is 33.1 Å². The first-order valence-electron chi connectivity index (χ1n) is 7.52. The van der Waals surface area contributed by atoms with Gasteiger partial charge in [0, 0.05) is 11.1 Å². The molecule has 0 radical (unpaired) electrons. The summed E-state index contributed by atoms with van der Waals surface area (Å²) >= 11 is 0. The Morgan fingerprint density at radius 1 is 1.04 bits per heavy atom. The molecule has 0 bridgehead atoms. The van der Waals surface area contributed by atoms with Gasteiger partial charge in [-0.1, -0.05) is 45.0 Å². The maximum atomic E-state index is 12.1. The summed E-state index contributed by atoms with van der Waals surface area (Å²) in [5, 5.41) is 13.6. The topological polar surface area (TPSA) is 61.7 Å². The summed E-state index contributed by atoms with van der Waals surface area (Å²) < 4.78 is 0. The molecule has 4 nitrogen and oxygen atoms in total. The van der Waals surface area contributed by atoms with Crippen molar-refractivity contribution in [3.8, 4) is 5.75 Å². The summed E-state index contributed by atoms with van der Waals surface area (Å²) in [5.41, 5.74) is 5.72. The maximum absolute atomic E-state index is 12.1. The zero-order valence-electron chi connectivity index (χ0n) is 13.9. The summed E-state index contributed by atoms with van der Waals surface area (Å²) in [4.78, 5) is 12.1. The first-order valence-corrected chi connectivity index (χ1v) is 7.52. The number of hydrogen-bond acceptors (Lipinski definition) is 3. The van der Waals surface area contributed by atoms with Crippen LogP contribution in [0.5, 0.6) is 5.75 Å². The van der Waals surface area contributed by atoms with Gasteiger partial charge in [0.05, 0.1) is 5.71 Å². The Morgan fingerprint density at radius 2 is 1.70 bits per heavy atom. The standard InChI is InChI=1S/C19H22N2O2/c1-13(15-6-5-7-17(22)12-15)20-21-18(23)14-8-10-16(11-9-14)19(2,3)4/h5-12,22H,1-4H3,(H,21,23). The molecule has 2 rings (SSSR count). The number of phenols is 1. The Kier molecular flexibility index (Phi) is 4.84. The lowest BCUT2D eigenvalue weighted by atomic mass is 9.87. The van der Waals surface area contributed by atoms with E-state index in [0.29, 0.717) is 11.3 Å². The molecule has 0 saturated heterocycles. The Morgan fingerprint density at radius 3 is 2.26 bits per heavy atom. The summed E-state index contributed by atoms with van der Waals surface area (Å²) in [6.07, 6.45) is 0. The van der Waals surface area contributed by atoms with E-state index in [1.54, 1.807) is 37.3 Å². The van der Waals surface area contributed by atoms with Crippen LogP contribution < -0.4 is 5.43 Å². The minimum Gasteiger partial charge on any atom is -0.508 e. The van der Waals surface area contributed by atoms with Crippen molar-refractivity contribution in [3.63, 3.8) is 0 Å². The van der Waals surface area contributed by atoms with Crippen LogP contribution >= 0.6 is 0 Å². The van der Waals surface area contributed by atoms with Gasteiger partial charge in [0.1, 0.15) is 5.75 Å². The molecule has 0 aliphatic carbocycles. The van der Waals surface area contributed by atoms with Gasteiger partial charge in [0.25, 0.3) is 5.91 Å². The van der Waals surface area contributed by atoms with Crippen LogP contribution in [0.2, 0.25) is 0 Å². The molecule has 0 aliphatic heterocycles. The minimum atomic E-state index is -0.259. The lowest BCUT2D eigenvalue weighted by Crippen LogP contribution is -2.20. The number of hydrogen-bond donors (Lipinski definition) is 2. The summed E-state index contributed by atoms with van der Waals surface area (Å²) in [5.74, 6) is -0.0916. The number of phenolic OH excluding ortho intramolecular Hbond substituents is 1. The number of rotatable bonds is 3. The third kappa shape index (κ3) is 4.42. The van der Waals surface area contributed by atoms with Crippen LogP contribution in [-0.2, 0) is 5.41 Å². The average molecular weight is 310 g/mol. The van der Waals surface area contributed by atoms with Gasteiger partial charge in [-0.25, -0.2) is 5.43 Å². The summed E-state index contributed by atoms with van der Waals surface area (Å²) in [6.45, 7) is 8.17.